The summed E-state index contributed by atoms with van der Waals surface area (Å²) in [6.45, 7) is 2.51. The summed E-state index contributed by atoms with van der Waals surface area (Å²) in [5.74, 6) is 0.363. The van der Waals surface area contributed by atoms with Crippen LogP contribution in [0, 0.1) is 5.92 Å². The summed E-state index contributed by atoms with van der Waals surface area (Å²) >= 11 is 0. The number of anilines is 1. The number of sulfonamides is 1. The molecule has 2 fully saturated rings. The Morgan fingerprint density at radius 2 is 2.27 bits per heavy atom. The minimum absolute atomic E-state index is 0.172. The molecule has 1 atom stereocenters. The van der Waals surface area contributed by atoms with E-state index in [2.05, 4.69) is 5.32 Å². The summed E-state index contributed by atoms with van der Waals surface area (Å²) in [7, 11) is -3.22. The second-order valence-corrected chi connectivity index (χ2v) is 7.74. The van der Waals surface area contributed by atoms with Crippen molar-refractivity contribution >= 4 is 21.6 Å². The van der Waals surface area contributed by atoms with Gasteiger partial charge in [-0.15, -0.1) is 0 Å². The molecule has 2 aliphatic rings. The minimum Gasteiger partial charge on any atom is -0.381 e. The molecule has 0 saturated carbocycles. The van der Waals surface area contributed by atoms with Crippen molar-refractivity contribution in [1.29, 1.82) is 0 Å². The maximum Gasteiger partial charge on any atom is 0.251 e. The molecule has 0 bridgehead atoms. The quantitative estimate of drug-likeness (QED) is 0.896. The number of hydrogen-bond acceptors (Lipinski definition) is 4. The summed E-state index contributed by atoms with van der Waals surface area (Å²) in [4.78, 5) is 12.2. The van der Waals surface area contributed by atoms with Gasteiger partial charge in [0.25, 0.3) is 5.91 Å². The molecule has 0 aliphatic carbocycles. The summed E-state index contributed by atoms with van der Waals surface area (Å²) in [5.41, 5.74) is 1.05. The predicted molar refractivity (Wildman–Crippen MR) is 83.5 cm³/mol. The standard InChI is InChI=1S/C15H20N2O4S/c18-15(16-10-12-5-7-21-11-12)13-3-1-4-14(9-13)17-6-2-8-22(17,19)20/h1,3-4,9,12H,2,5-8,10-11H2,(H,16,18)/t12-/m0/s1. The zero-order valence-electron chi connectivity index (χ0n) is 12.3. The van der Waals surface area contributed by atoms with Crippen LogP contribution < -0.4 is 9.62 Å². The SMILES string of the molecule is O=C(NC[C@@H]1CCOC1)c1cccc(N2CCCS2(=O)=O)c1. The van der Waals surface area contributed by atoms with Crippen molar-refractivity contribution in [3.8, 4) is 0 Å². The van der Waals surface area contributed by atoms with Crippen molar-refractivity contribution < 1.29 is 17.9 Å². The lowest BCUT2D eigenvalue weighted by Crippen LogP contribution is -2.30. The van der Waals surface area contributed by atoms with Crippen LogP contribution in [0.25, 0.3) is 0 Å². The molecule has 0 radical (unpaired) electrons. The number of carbonyl (C=O) groups is 1. The van der Waals surface area contributed by atoms with Crippen LogP contribution in [0.15, 0.2) is 24.3 Å². The zero-order chi connectivity index (χ0) is 15.6. The summed E-state index contributed by atoms with van der Waals surface area (Å²) < 4.78 is 30.6. The topological polar surface area (TPSA) is 75.7 Å². The second-order valence-electron chi connectivity index (χ2n) is 5.73. The Morgan fingerprint density at radius 1 is 1.41 bits per heavy atom. The zero-order valence-corrected chi connectivity index (χ0v) is 13.1. The van der Waals surface area contributed by atoms with Crippen molar-refractivity contribution in [3.05, 3.63) is 29.8 Å². The Balaban J connectivity index is 1.69. The lowest BCUT2D eigenvalue weighted by atomic mass is 10.1. The highest BCUT2D eigenvalue weighted by Crippen LogP contribution is 2.24. The normalized spacial score (nSPS) is 23.6. The van der Waals surface area contributed by atoms with Crippen molar-refractivity contribution in [2.24, 2.45) is 5.92 Å². The summed E-state index contributed by atoms with van der Waals surface area (Å²) in [6.07, 6.45) is 1.59. The van der Waals surface area contributed by atoms with E-state index < -0.39 is 10.0 Å². The molecular formula is C15H20N2O4S. The molecule has 2 heterocycles. The fourth-order valence-electron chi connectivity index (χ4n) is 2.82. The van der Waals surface area contributed by atoms with Crippen LogP contribution in [0.1, 0.15) is 23.2 Å². The van der Waals surface area contributed by atoms with E-state index in [9.17, 15) is 13.2 Å². The van der Waals surface area contributed by atoms with Crippen LogP contribution in [0.4, 0.5) is 5.69 Å². The third-order valence-corrected chi connectivity index (χ3v) is 5.94. The minimum atomic E-state index is -3.22. The van der Waals surface area contributed by atoms with Gasteiger partial charge in [-0.25, -0.2) is 8.42 Å². The summed E-state index contributed by atoms with van der Waals surface area (Å²) in [5, 5.41) is 2.89. The molecule has 6 nitrogen and oxygen atoms in total. The molecule has 0 aromatic heterocycles. The van der Waals surface area contributed by atoms with Crippen LogP contribution in [0.3, 0.4) is 0 Å². The van der Waals surface area contributed by atoms with Crippen LogP contribution in [0.5, 0.6) is 0 Å². The van der Waals surface area contributed by atoms with Crippen molar-refractivity contribution in [2.45, 2.75) is 12.8 Å². The van der Waals surface area contributed by atoms with Gasteiger partial charge in [-0.3, -0.25) is 9.10 Å². The fraction of sp³-hybridized carbons (Fsp3) is 0.533. The molecule has 3 rings (SSSR count). The number of nitrogens with one attached hydrogen (secondary N) is 1. The maximum atomic E-state index is 12.2. The molecule has 1 aromatic rings. The van der Waals surface area contributed by atoms with Gasteiger partial charge in [-0.05, 0) is 31.0 Å². The van der Waals surface area contributed by atoms with Crippen LogP contribution in [-0.2, 0) is 14.8 Å². The molecule has 22 heavy (non-hydrogen) atoms. The molecular weight excluding hydrogens is 304 g/mol. The first kappa shape index (κ1) is 15.3. The van der Waals surface area contributed by atoms with E-state index in [0.717, 1.165) is 13.0 Å². The average Bonchev–Trinajstić information content (AvgIpc) is 3.13. The van der Waals surface area contributed by atoms with E-state index in [1.165, 1.54) is 4.31 Å². The van der Waals surface area contributed by atoms with Crippen LogP contribution in [0.2, 0.25) is 0 Å². The van der Waals surface area contributed by atoms with Gasteiger partial charge in [0.15, 0.2) is 0 Å². The van der Waals surface area contributed by atoms with Gasteiger partial charge in [0.05, 0.1) is 18.0 Å². The Morgan fingerprint density at radius 3 is 2.95 bits per heavy atom. The molecule has 0 spiro atoms. The Hall–Kier alpha value is -1.60. The number of nitrogens with zero attached hydrogens (tertiary/aromatic N) is 1. The molecule has 120 valence electrons. The largest absolute Gasteiger partial charge is 0.381 e. The Labute approximate surface area is 130 Å². The van der Waals surface area contributed by atoms with Gasteiger partial charge in [0.2, 0.25) is 10.0 Å². The number of ether oxygens (including phenoxy) is 1. The van der Waals surface area contributed by atoms with E-state index in [0.29, 0.717) is 43.3 Å². The van der Waals surface area contributed by atoms with E-state index in [-0.39, 0.29) is 11.7 Å². The fourth-order valence-corrected chi connectivity index (χ4v) is 4.37. The number of rotatable bonds is 4. The Kier molecular flexibility index (Phi) is 4.35. The number of benzene rings is 1. The average molecular weight is 324 g/mol. The second kappa shape index (κ2) is 6.26. The molecule has 7 heteroatoms. The summed E-state index contributed by atoms with van der Waals surface area (Å²) in [6, 6.07) is 6.79. The number of hydrogen-bond donors (Lipinski definition) is 1. The monoisotopic (exact) mass is 324 g/mol. The van der Waals surface area contributed by atoms with Gasteiger partial charge in [0.1, 0.15) is 0 Å². The van der Waals surface area contributed by atoms with Gasteiger partial charge in [-0.2, -0.15) is 0 Å². The van der Waals surface area contributed by atoms with Crippen molar-refractivity contribution in [1.82, 2.24) is 5.32 Å². The smallest absolute Gasteiger partial charge is 0.251 e. The third-order valence-electron chi connectivity index (χ3n) is 4.07. The first-order chi connectivity index (χ1) is 10.6. The van der Waals surface area contributed by atoms with Gasteiger partial charge >= 0.3 is 0 Å². The molecule has 1 aromatic carbocycles. The first-order valence-electron chi connectivity index (χ1n) is 7.53. The van der Waals surface area contributed by atoms with Crippen molar-refractivity contribution in [3.63, 3.8) is 0 Å². The molecule has 2 aliphatic heterocycles. The Bertz CT molecular complexity index is 653. The van der Waals surface area contributed by atoms with Crippen LogP contribution >= 0.6 is 0 Å². The number of carbonyl (C=O) groups excluding carboxylic acids is 1. The third kappa shape index (κ3) is 3.25. The van der Waals surface area contributed by atoms with Gasteiger partial charge < -0.3 is 10.1 Å². The highest BCUT2D eigenvalue weighted by Gasteiger charge is 2.28. The highest BCUT2D eigenvalue weighted by molar-refractivity contribution is 7.93. The lowest BCUT2D eigenvalue weighted by molar-refractivity contribution is 0.0945. The van der Waals surface area contributed by atoms with Crippen LogP contribution in [-0.4, -0.2) is 46.4 Å². The van der Waals surface area contributed by atoms with Crippen molar-refractivity contribution in [2.75, 3.05) is 36.4 Å². The molecule has 1 amide bonds. The predicted octanol–water partition coefficient (Wildman–Crippen LogP) is 0.993. The number of amides is 1. The highest BCUT2D eigenvalue weighted by atomic mass is 32.2. The first-order valence-corrected chi connectivity index (χ1v) is 9.13. The van der Waals surface area contributed by atoms with Gasteiger partial charge in [0, 0.05) is 31.2 Å². The molecule has 0 unspecified atom stereocenters. The van der Waals surface area contributed by atoms with Gasteiger partial charge in [-0.1, -0.05) is 6.07 Å². The van der Waals surface area contributed by atoms with E-state index in [1.54, 1.807) is 24.3 Å². The van der Waals surface area contributed by atoms with E-state index in [1.807, 2.05) is 0 Å². The van der Waals surface area contributed by atoms with E-state index in [4.69, 9.17) is 4.74 Å². The lowest BCUT2D eigenvalue weighted by Gasteiger charge is -2.17. The van der Waals surface area contributed by atoms with E-state index >= 15 is 0 Å². The maximum absolute atomic E-state index is 12.2. The molecule has 2 saturated heterocycles. The molecule has 1 N–H and O–H groups in total.